The minimum Gasteiger partial charge on any atom is -0.504 e. The van der Waals surface area contributed by atoms with E-state index in [1.54, 1.807) is 11.6 Å². The number of aromatic nitrogens is 2. The molecule has 0 unspecified atom stereocenters. The number of halogens is 2. The van der Waals surface area contributed by atoms with E-state index < -0.39 is 0 Å². The molecule has 2 N–H and O–H groups in total. The molecule has 0 fully saturated rings. The van der Waals surface area contributed by atoms with Gasteiger partial charge in [-0.1, -0.05) is 23.2 Å². The standard InChI is InChI=1S/C13H15Cl2N3O2/c1-6(2)18-9(5-16-3)17-11-10(13(18)20)7(14)4-8(15)12(11)19/h4,6,16,19H,5H2,1-3H3. The molecule has 0 saturated carbocycles. The zero-order valence-electron chi connectivity index (χ0n) is 11.4. The molecule has 0 bridgehead atoms. The van der Waals surface area contributed by atoms with E-state index in [4.69, 9.17) is 23.2 Å². The maximum Gasteiger partial charge on any atom is 0.263 e. The third-order valence-corrected chi connectivity index (χ3v) is 3.57. The first-order chi connectivity index (χ1) is 9.38. The molecule has 1 aromatic carbocycles. The monoisotopic (exact) mass is 315 g/mol. The fourth-order valence-corrected chi connectivity index (χ4v) is 2.68. The van der Waals surface area contributed by atoms with Crippen molar-refractivity contribution < 1.29 is 5.11 Å². The smallest absolute Gasteiger partial charge is 0.263 e. The molecule has 0 amide bonds. The molecule has 0 aliphatic rings. The molecule has 0 radical (unpaired) electrons. The van der Waals surface area contributed by atoms with Gasteiger partial charge < -0.3 is 10.4 Å². The minimum atomic E-state index is -0.285. The predicted octanol–water partition coefficient (Wildman–Crippen LogP) is 2.71. The molecule has 1 aromatic heterocycles. The first-order valence-electron chi connectivity index (χ1n) is 6.15. The minimum absolute atomic E-state index is 0.0726. The van der Waals surface area contributed by atoms with Crippen molar-refractivity contribution in [2.24, 2.45) is 0 Å². The van der Waals surface area contributed by atoms with Crippen LogP contribution in [0.15, 0.2) is 10.9 Å². The lowest BCUT2D eigenvalue weighted by molar-refractivity contribution is 0.478. The summed E-state index contributed by atoms with van der Waals surface area (Å²) in [7, 11) is 1.76. The SMILES string of the molecule is CNCc1nc2c(O)c(Cl)cc(Cl)c2c(=O)n1C(C)C. The van der Waals surface area contributed by atoms with Crippen molar-refractivity contribution in [1.82, 2.24) is 14.9 Å². The molecular weight excluding hydrogens is 301 g/mol. The maximum atomic E-state index is 12.6. The molecule has 20 heavy (non-hydrogen) atoms. The molecule has 0 saturated heterocycles. The Balaban J connectivity index is 2.98. The van der Waals surface area contributed by atoms with Gasteiger partial charge in [-0.2, -0.15) is 0 Å². The normalized spacial score (nSPS) is 11.5. The van der Waals surface area contributed by atoms with Gasteiger partial charge >= 0.3 is 0 Å². The van der Waals surface area contributed by atoms with Crippen LogP contribution in [-0.2, 0) is 6.54 Å². The summed E-state index contributed by atoms with van der Waals surface area (Å²) >= 11 is 12.0. The van der Waals surface area contributed by atoms with Crippen LogP contribution in [0.1, 0.15) is 25.7 Å². The van der Waals surface area contributed by atoms with Crippen molar-refractivity contribution in [3.05, 3.63) is 32.3 Å². The van der Waals surface area contributed by atoms with E-state index in [0.29, 0.717) is 12.4 Å². The third kappa shape index (κ3) is 2.37. The number of fused-ring (bicyclic) bond motifs is 1. The molecule has 0 atom stereocenters. The molecule has 5 nitrogen and oxygen atoms in total. The zero-order chi connectivity index (χ0) is 15.0. The molecule has 0 aliphatic heterocycles. The van der Waals surface area contributed by atoms with Crippen molar-refractivity contribution >= 4 is 34.1 Å². The van der Waals surface area contributed by atoms with Gasteiger partial charge in [-0.3, -0.25) is 9.36 Å². The second-order valence-electron chi connectivity index (χ2n) is 4.74. The molecular formula is C13H15Cl2N3O2. The van der Waals surface area contributed by atoms with Crippen molar-refractivity contribution in [3.8, 4) is 5.75 Å². The Morgan fingerprint density at radius 1 is 1.40 bits per heavy atom. The number of phenols is 1. The Morgan fingerprint density at radius 2 is 2.05 bits per heavy atom. The quantitative estimate of drug-likeness (QED) is 0.914. The summed E-state index contributed by atoms with van der Waals surface area (Å²) in [5.41, 5.74) is -0.151. The Labute approximate surface area is 126 Å². The van der Waals surface area contributed by atoms with Crippen LogP contribution in [0.5, 0.6) is 5.75 Å². The van der Waals surface area contributed by atoms with Crippen molar-refractivity contribution in [3.63, 3.8) is 0 Å². The number of rotatable bonds is 3. The first-order valence-corrected chi connectivity index (χ1v) is 6.90. The molecule has 0 aliphatic carbocycles. The topological polar surface area (TPSA) is 67.2 Å². The van der Waals surface area contributed by atoms with Crippen molar-refractivity contribution in [1.29, 1.82) is 0 Å². The molecule has 108 valence electrons. The van der Waals surface area contributed by atoms with Crippen LogP contribution in [0.4, 0.5) is 0 Å². The van der Waals surface area contributed by atoms with Crippen LogP contribution >= 0.6 is 23.2 Å². The second-order valence-corrected chi connectivity index (χ2v) is 5.55. The maximum absolute atomic E-state index is 12.6. The summed E-state index contributed by atoms with van der Waals surface area (Å²) in [5.74, 6) is 0.296. The van der Waals surface area contributed by atoms with Gasteiger partial charge in [0.1, 0.15) is 11.3 Å². The number of aromatic hydroxyl groups is 1. The molecule has 7 heteroatoms. The van der Waals surface area contributed by atoms with Gasteiger partial charge in [0.2, 0.25) is 0 Å². The van der Waals surface area contributed by atoms with Crippen molar-refractivity contribution in [2.75, 3.05) is 7.05 Å². The van der Waals surface area contributed by atoms with Gasteiger partial charge in [-0.05, 0) is 27.0 Å². The predicted molar refractivity (Wildman–Crippen MR) is 80.8 cm³/mol. The summed E-state index contributed by atoms with van der Waals surface area (Å²) in [6.45, 7) is 4.17. The second kappa shape index (κ2) is 5.60. The van der Waals surface area contributed by atoms with Crippen LogP contribution in [0, 0.1) is 0 Å². The van der Waals surface area contributed by atoms with E-state index in [0.717, 1.165) is 0 Å². The van der Waals surface area contributed by atoms with E-state index in [-0.39, 0.29) is 38.3 Å². The van der Waals surface area contributed by atoms with E-state index in [1.165, 1.54) is 6.07 Å². The third-order valence-electron chi connectivity index (χ3n) is 2.98. The Hall–Kier alpha value is -1.30. The fourth-order valence-electron chi connectivity index (χ4n) is 2.14. The highest BCUT2D eigenvalue weighted by atomic mass is 35.5. The Morgan fingerprint density at radius 3 is 2.60 bits per heavy atom. The summed E-state index contributed by atoms with van der Waals surface area (Å²) in [4.78, 5) is 17.0. The van der Waals surface area contributed by atoms with Gasteiger partial charge in [0.15, 0.2) is 5.75 Å². The average Bonchev–Trinajstić information content (AvgIpc) is 2.35. The number of benzene rings is 1. The summed E-state index contributed by atoms with van der Waals surface area (Å²) < 4.78 is 1.55. The number of nitrogens with one attached hydrogen (secondary N) is 1. The highest BCUT2D eigenvalue weighted by molar-refractivity contribution is 6.39. The highest BCUT2D eigenvalue weighted by Crippen LogP contribution is 2.34. The van der Waals surface area contributed by atoms with E-state index in [2.05, 4.69) is 10.3 Å². The lowest BCUT2D eigenvalue weighted by Gasteiger charge is -2.17. The average molecular weight is 316 g/mol. The molecule has 2 aromatic rings. The van der Waals surface area contributed by atoms with Crippen LogP contribution in [0.3, 0.4) is 0 Å². The Bertz CT molecular complexity index is 726. The van der Waals surface area contributed by atoms with E-state index in [1.807, 2.05) is 13.8 Å². The molecule has 2 rings (SSSR count). The summed E-state index contributed by atoms with van der Waals surface area (Å²) in [6, 6.07) is 1.28. The summed E-state index contributed by atoms with van der Waals surface area (Å²) in [6.07, 6.45) is 0. The Kier molecular flexibility index (Phi) is 4.22. The zero-order valence-corrected chi connectivity index (χ0v) is 12.9. The molecule has 1 heterocycles. The van der Waals surface area contributed by atoms with Gasteiger partial charge in [-0.15, -0.1) is 0 Å². The number of hydrogen-bond donors (Lipinski definition) is 2. The lowest BCUT2D eigenvalue weighted by atomic mass is 10.2. The van der Waals surface area contributed by atoms with E-state index >= 15 is 0 Å². The van der Waals surface area contributed by atoms with Crippen LogP contribution in [0.25, 0.3) is 10.9 Å². The number of nitrogens with zero attached hydrogens (tertiary/aromatic N) is 2. The van der Waals surface area contributed by atoms with Crippen LogP contribution < -0.4 is 10.9 Å². The largest absolute Gasteiger partial charge is 0.504 e. The van der Waals surface area contributed by atoms with Crippen LogP contribution in [0.2, 0.25) is 10.0 Å². The van der Waals surface area contributed by atoms with Crippen molar-refractivity contribution in [2.45, 2.75) is 26.4 Å². The molecule has 0 spiro atoms. The van der Waals surface area contributed by atoms with Gasteiger partial charge in [0, 0.05) is 6.04 Å². The first kappa shape index (κ1) is 15.1. The fraction of sp³-hybridized carbons (Fsp3) is 0.385. The number of hydrogen-bond acceptors (Lipinski definition) is 4. The summed E-state index contributed by atoms with van der Waals surface area (Å²) in [5, 5.41) is 13.4. The lowest BCUT2D eigenvalue weighted by Crippen LogP contribution is -2.29. The highest BCUT2D eigenvalue weighted by Gasteiger charge is 2.19. The van der Waals surface area contributed by atoms with E-state index in [9.17, 15) is 9.90 Å². The number of phenolic OH excluding ortho intramolecular Hbond substituents is 1. The van der Waals surface area contributed by atoms with Gasteiger partial charge in [0.05, 0.1) is 22.0 Å². The van der Waals surface area contributed by atoms with Gasteiger partial charge in [-0.25, -0.2) is 4.98 Å². The van der Waals surface area contributed by atoms with Gasteiger partial charge in [0.25, 0.3) is 5.56 Å². The van der Waals surface area contributed by atoms with Crippen LogP contribution in [-0.4, -0.2) is 21.7 Å².